The van der Waals surface area contributed by atoms with Crippen LogP contribution in [0.2, 0.25) is 0 Å². The van der Waals surface area contributed by atoms with Gasteiger partial charge in [-0.3, -0.25) is 4.79 Å². The zero-order valence-corrected chi connectivity index (χ0v) is 11.5. The zero-order chi connectivity index (χ0) is 13.1. The molecule has 5 nitrogen and oxygen atoms in total. The van der Waals surface area contributed by atoms with Crippen LogP contribution in [0.5, 0.6) is 0 Å². The maximum Gasteiger partial charge on any atom is 0.223 e. The predicted molar refractivity (Wildman–Crippen MR) is 70.3 cm³/mol. The smallest absolute Gasteiger partial charge is 0.223 e. The molecule has 100 valence electrons. The van der Waals surface area contributed by atoms with Gasteiger partial charge in [0.2, 0.25) is 5.91 Å². The fourth-order valence-corrected chi connectivity index (χ4v) is 2.22. The molecule has 1 aromatic rings. The number of hydrogen-bond donors (Lipinski definition) is 0. The monoisotopic (exact) mass is 250 g/mol. The van der Waals surface area contributed by atoms with Crippen LogP contribution in [0, 0.1) is 0 Å². The maximum atomic E-state index is 12.0. The minimum atomic E-state index is 0.249. The van der Waals surface area contributed by atoms with Gasteiger partial charge in [0.1, 0.15) is 5.82 Å². The molecule has 0 aliphatic carbocycles. The Morgan fingerprint density at radius 3 is 2.83 bits per heavy atom. The fraction of sp³-hybridized carbons (Fsp3) is 0.692. The molecule has 1 aliphatic heterocycles. The number of carbonyl (C=O) groups excluding carboxylic acids is 1. The van der Waals surface area contributed by atoms with Gasteiger partial charge < -0.3 is 14.4 Å². The van der Waals surface area contributed by atoms with Crippen molar-refractivity contribution in [2.45, 2.75) is 32.4 Å². The Hall–Kier alpha value is -1.36. The Kier molecular flexibility index (Phi) is 4.01. The molecule has 1 aliphatic rings. The molecule has 2 heterocycles. The lowest BCUT2D eigenvalue weighted by molar-refractivity contribution is -0.137. The van der Waals surface area contributed by atoms with Crippen LogP contribution in [-0.4, -0.2) is 58.5 Å². The molecule has 0 bridgehead atoms. The second kappa shape index (κ2) is 5.52. The van der Waals surface area contributed by atoms with Crippen LogP contribution in [0.1, 0.15) is 19.2 Å². The first kappa shape index (κ1) is 13.1. The van der Waals surface area contributed by atoms with Crippen LogP contribution in [0.25, 0.3) is 0 Å². The van der Waals surface area contributed by atoms with Crippen LogP contribution in [0.15, 0.2) is 12.4 Å². The quantitative estimate of drug-likeness (QED) is 0.769. The average Bonchev–Trinajstić information content (AvgIpc) is 2.70. The van der Waals surface area contributed by atoms with Gasteiger partial charge in [0, 0.05) is 50.9 Å². The Morgan fingerprint density at radius 2 is 2.22 bits per heavy atom. The third-order valence-corrected chi connectivity index (χ3v) is 3.65. The first-order chi connectivity index (χ1) is 8.61. The van der Waals surface area contributed by atoms with E-state index in [0.29, 0.717) is 12.5 Å². The van der Waals surface area contributed by atoms with Gasteiger partial charge in [-0.05, 0) is 21.0 Å². The van der Waals surface area contributed by atoms with Crippen molar-refractivity contribution in [3.05, 3.63) is 18.2 Å². The molecule has 5 heteroatoms. The van der Waals surface area contributed by atoms with Crippen molar-refractivity contribution in [2.24, 2.45) is 0 Å². The molecule has 18 heavy (non-hydrogen) atoms. The topological polar surface area (TPSA) is 41.4 Å². The molecule has 1 aromatic heterocycles. The van der Waals surface area contributed by atoms with E-state index in [1.54, 1.807) is 6.20 Å². The summed E-state index contributed by atoms with van der Waals surface area (Å²) in [5.74, 6) is 1.26. The number of likely N-dealkylation sites (tertiary alicyclic amines) is 1. The summed E-state index contributed by atoms with van der Waals surface area (Å²) in [7, 11) is 4.12. The summed E-state index contributed by atoms with van der Waals surface area (Å²) in [4.78, 5) is 20.4. The summed E-state index contributed by atoms with van der Waals surface area (Å²) in [5.41, 5.74) is 0. The molecule has 0 saturated carbocycles. The van der Waals surface area contributed by atoms with E-state index in [2.05, 4.69) is 35.5 Å². The molecule has 0 spiro atoms. The fourth-order valence-electron chi connectivity index (χ4n) is 2.22. The highest BCUT2D eigenvalue weighted by Gasteiger charge is 2.31. The minimum absolute atomic E-state index is 0.249. The molecule has 0 radical (unpaired) electrons. The number of nitrogens with zero attached hydrogens (tertiary/aromatic N) is 4. The van der Waals surface area contributed by atoms with Crippen LogP contribution in [-0.2, 0) is 17.8 Å². The maximum absolute atomic E-state index is 12.0. The van der Waals surface area contributed by atoms with Crippen LogP contribution in [0.3, 0.4) is 0 Å². The van der Waals surface area contributed by atoms with E-state index < -0.39 is 0 Å². The Balaban J connectivity index is 1.76. The summed E-state index contributed by atoms with van der Waals surface area (Å²) < 4.78 is 2.09. The number of imidazole rings is 1. The highest BCUT2D eigenvalue weighted by Crippen LogP contribution is 2.14. The van der Waals surface area contributed by atoms with Gasteiger partial charge in [0.05, 0.1) is 0 Å². The van der Waals surface area contributed by atoms with Crippen molar-refractivity contribution >= 4 is 5.91 Å². The molecule has 1 saturated heterocycles. The molecular weight excluding hydrogens is 228 g/mol. The molecule has 2 rings (SSSR count). The first-order valence-electron chi connectivity index (χ1n) is 6.56. The third-order valence-electron chi connectivity index (χ3n) is 3.65. The Bertz CT molecular complexity index is 407. The van der Waals surface area contributed by atoms with Gasteiger partial charge in [0.25, 0.3) is 0 Å². The SMILES string of the molecule is CCn1ccnc1CCC(=O)N1CC(N(C)C)C1. The Morgan fingerprint density at radius 1 is 1.50 bits per heavy atom. The molecule has 1 fully saturated rings. The lowest BCUT2D eigenvalue weighted by Crippen LogP contribution is -2.59. The first-order valence-corrected chi connectivity index (χ1v) is 6.56. The van der Waals surface area contributed by atoms with Crippen LogP contribution >= 0.6 is 0 Å². The number of carbonyl (C=O) groups is 1. The van der Waals surface area contributed by atoms with Gasteiger partial charge in [0.15, 0.2) is 0 Å². The predicted octanol–water partition coefficient (Wildman–Crippen LogP) is 0.608. The number of likely N-dealkylation sites (N-methyl/N-ethyl adjacent to an activating group) is 1. The van der Waals surface area contributed by atoms with E-state index in [1.807, 2.05) is 11.1 Å². The highest BCUT2D eigenvalue weighted by molar-refractivity contribution is 5.77. The van der Waals surface area contributed by atoms with Gasteiger partial charge in [-0.25, -0.2) is 4.98 Å². The van der Waals surface area contributed by atoms with Crippen molar-refractivity contribution in [2.75, 3.05) is 27.2 Å². The van der Waals surface area contributed by atoms with E-state index in [4.69, 9.17) is 0 Å². The lowest BCUT2D eigenvalue weighted by atomic mass is 10.1. The number of hydrogen-bond acceptors (Lipinski definition) is 3. The summed E-state index contributed by atoms with van der Waals surface area (Å²) in [5, 5.41) is 0. The Labute approximate surface area is 108 Å². The molecular formula is C13H22N4O. The van der Waals surface area contributed by atoms with Crippen molar-refractivity contribution in [1.82, 2.24) is 19.4 Å². The standard InChI is InChI=1S/C13H22N4O/c1-4-16-8-7-14-12(16)5-6-13(18)17-9-11(10-17)15(2)3/h7-8,11H,4-6,9-10H2,1-3H3. The second-order valence-electron chi connectivity index (χ2n) is 5.05. The minimum Gasteiger partial charge on any atom is -0.339 e. The second-order valence-corrected chi connectivity index (χ2v) is 5.05. The zero-order valence-electron chi connectivity index (χ0n) is 11.5. The summed E-state index contributed by atoms with van der Waals surface area (Å²) in [6.45, 7) is 4.74. The molecule has 0 N–H and O–H groups in total. The van der Waals surface area contributed by atoms with E-state index in [0.717, 1.165) is 31.9 Å². The van der Waals surface area contributed by atoms with Crippen LogP contribution < -0.4 is 0 Å². The van der Waals surface area contributed by atoms with Gasteiger partial charge in [-0.2, -0.15) is 0 Å². The van der Waals surface area contributed by atoms with E-state index in [9.17, 15) is 4.79 Å². The number of aromatic nitrogens is 2. The van der Waals surface area contributed by atoms with Gasteiger partial charge in [-0.1, -0.05) is 0 Å². The molecule has 0 unspecified atom stereocenters. The van der Waals surface area contributed by atoms with Crippen molar-refractivity contribution in [3.8, 4) is 0 Å². The van der Waals surface area contributed by atoms with Crippen molar-refractivity contribution in [3.63, 3.8) is 0 Å². The van der Waals surface area contributed by atoms with E-state index >= 15 is 0 Å². The number of rotatable bonds is 5. The molecule has 1 amide bonds. The molecule has 0 atom stereocenters. The average molecular weight is 250 g/mol. The summed E-state index contributed by atoms with van der Waals surface area (Å²) >= 11 is 0. The van der Waals surface area contributed by atoms with Crippen LogP contribution in [0.4, 0.5) is 0 Å². The van der Waals surface area contributed by atoms with E-state index in [-0.39, 0.29) is 5.91 Å². The van der Waals surface area contributed by atoms with Gasteiger partial charge >= 0.3 is 0 Å². The molecule has 0 aromatic carbocycles. The normalized spacial score (nSPS) is 16.1. The highest BCUT2D eigenvalue weighted by atomic mass is 16.2. The number of aryl methyl sites for hydroxylation is 2. The lowest BCUT2D eigenvalue weighted by Gasteiger charge is -2.42. The summed E-state index contributed by atoms with van der Waals surface area (Å²) in [6.07, 6.45) is 5.07. The van der Waals surface area contributed by atoms with Crippen molar-refractivity contribution < 1.29 is 4.79 Å². The van der Waals surface area contributed by atoms with E-state index in [1.165, 1.54) is 0 Å². The number of amides is 1. The third kappa shape index (κ3) is 2.72. The summed E-state index contributed by atoms with van der Waals surface area (Å²) in [6, 6.07) is 0.534. The largest absolute Gasteiger partial charge is 0.339 e. The van der Waals surface area contributed by atoms with Crippen molar-refractivity contribution in [1.29, 1.82) is 0 Å². The van der Waals surface area contributed by atoms with Gasteiger partial charge in [-0.15, -0.1) is 0 Å².